The molecular formula is C8H17NO. The second-order valence-electron chi connectivity index (χ2n) is 3.38. The fourth-order valence-electron chi connectivity index (χ4n) is 1.69. The van der Waals surface area contributed by atoms with Crippen molar-refractivity contribution in [1.82, 2.24) is 4.90 Å². The highest BCUT2D eigenvalue weighted by Gasteiger charge is 2.23. The molecule has 2 nitrogen and oxygen atoms in total. The van der Waals surface area contributed by atoms with Crippen LogP contribution >= 0.6 is 0 Å². The summed E-state index contributed by atoms with van der Waals surface area (Å²) in [6, 6.07) is 0.411. The van der Waals surface area contributed by atoms with Crippen LogP contribution in [0, 0.1) is 0 Å². The molecule has 0 aliphatic heterocycles. The fourth-order valence-corrected chi connectivity index (χ4v) is 1.69. The molecule has 0 saturated heterocycles. The molecule has 0 aromatic carbocycles. The topological polar surface area (TPSA) is 23.5 Å². The molecule has 0 amide bonds. The normalized spacial score (nSPS) is 34.8. The summed E-state index contributed by atoms with van der Waals surface area (Å²) < 4.78 is 0. The molecule has 1 fully saturated rings. The van der Waals surface area contributed by atoms with Crippen molar-refractivity contribution in [3.05, 3.63) is 0 Å². The Hall–Kier alpha value is -0.0800. The lowest BCUT2D eigenvalue weighted by Gasteiger charge is -2.32. The van der Waals surface area contributed by atoms with E-state index in [9.17, 15) is 5.11 Å². The molecule has 1 rings (SSSR count). The van der Waals surface area contributed by atoms with Gasteiger partial charge in [-0.05, 0) is 26.9 Å². The second kappa shape index (κ2) is 3.35. The third kappa shape index (κ3) is 1.70. The summed E-state index contributed by atoms with van der Waals surface area (Å²) in [6.45, 7) is 0. The molecular weight excluding hydrogens is 126 g/mol. The summed E-state index contributed by atoms with van der Waals surface area (Å²) in [5.41, 5.74) is 0. The third-order valence-electron chi connectivity index (χ3n) is 2.36. The number of aliphatic hydroxyl groups excluding tert-OH is 1. The summed E-state index contributed by atoms with van der Waals surface area (Å²) in [5.74, 6) is 0. The number of nitrogens with zero attached hydrogens (tertiary/aromatic N) is 1. The van der Waals surface area contributed by atoms with Crippen molar-refractivity contribution < 1.29 is 5.11 Å². The van der Waals surface area contributed by atoms with Gasteiger partial charge in [0.15, 0.2) is 0 Å². The predicted molar refractivity (Wildman–Crippen MR) is 41.9 cm³/mol. The lowest BCUT2D eigenvalue weighted by Crippen LogP contribution is -2.41. The standard InChI is InChI=1S/C8H17NO/c1-9(2)7-5-3-4-6-8(7)10/h7-8,10H,3-6H2,1-2H3/t7-,8?/m1/s1. The highest BCUT2D eigenvalue weighted by molar-refractivity contribution is 4.79. The summed E-state index contributed by atoms with van der Waals surface area (Å²) in [5, 5.41) is 9.50. The average molecular weight is 143 g/mol. The molecule has 0 radical (unpaired) electrons. The van der Waals surface area contributed by atoms with Crippen LogP contribution in [0.1, 0.15) is 25.7 Å². The lowest BCUT2D eigenvalue weighted by molar-refractivity contribution is 0.0435. The minimum absolute atomic E-state index is 0.0799. The van der Waals surface area contributed by atoms with Gasteiger partial charge in [0.25, 0.3) is 0 Å². The van der Waals surface area contributed by atoms with Crippen LogP contribution < -0.4 is 0 Å². The zero-order chi connectivity index (χ0) is 7.56. The van der Waals surface area contributed by atoms with E-state index >= 15 is 0 Å². The van der Waals surface area contributed by atoms with Gasteiger partial charge in [-0.25, -0.2) is 0 Å². The SMILES string of the molecule is CN(C)[C@@H]1CCCCC1O. The van der Waals surface area contributed by atoms with Gasteiger partial charge in [-0.15, -0.1) is 0 Å². The number of hydrogen-bond acceptors (Lipinski definition) is 2. The monoisotopic (exact) mass is 143 g/mol. The van der Waals surface area contributed by atoms with Crippen LogP contribution in [0.25, 0.3) is 0 Å². The van der Waals surface area contributed by atoms with Gasteiger partial charge in [-0.3, -0.25) is 0 Å². The van der Waals surface area contributed by atoms with Crippen molar-refractivity contribution in [2.24, 2.45) is 0 Å². The highest BCUT2D eigenvalue weighted by Crippen LogP contribution is 2.20. The van der Waals surface area contributed by atoms with Gasteiger partial charge >= 0.3 is 0 Å². The van der Waals surface area contributed by atoms with Gasteiger partial charge < -0.3 is 10.0 Å². The Morgan fingerprint density at radius 3 is 2.20 bits per heavy atom. The Bertz CT molecular complexity index is 103. The van der Waals surface area contributed by atoms with Crippen LogP contribution in [0.15, 0.2) is 0 Å². The zero-order valence-electron chi connectivity index (χ0n) is 6.88. The first-order valence-electron chi connectivity index (χ1n) is 4.06. The van der Waals surface area contributed by atoms with Crippen molar-refractivity contribution >= 4 is 0 Å². The minimum atomic E-state index is -0.0799. The van der Waals surface area contributed by atoms with E-state index in [0.717, 1.165) is 12.8 Å². The molecule has 10 heavy (non-hydrogen) atoms. The summed E-state index contributed by atoms with van der Waals surface area (Å²) in [4.78, 5) is 2.13. The first-order valence-corrected chi connectivity index (χ1v) is 4.06. The van der Waals surface area contributed by atoms with Crippen molar-refractivity contribution in [1.29, 1.82) is 0 Å². The maximum atomic E-state index is 9.50. The molecule has 0 spiro atoms. The number of hydrogen-bond donors (Lipinski definition) is 1. The van der Waals surface area contributed by atoms with Gasteiger partial charge in [0.05, 0.1) is 6.10 Å². The quantitative estimate of drug-likeness (QED) is 0.588. The van der Waals surface area contributed by atoms with Gasteiger partial charge in [0, 0.05) is 6.04 Å². The van der Waals surface area contributed by atoms with E-state index in [2.05, 4.69) is 4.90 Å². The summed E-state index contributed by atoms with van der Waals surface area (Å²) in [6.07, 6.45) is 4.55. The molecule has 1 unspecified atom stereocenters. The number of aliphatic hydroxyl groups is 1. The zero-order valence-corrected chi connectivity index (χ0v) is 6.88. The van der Waals surface area contributed by atoms with Crippen LogP contribution in [0.2, 0.25) is 0 Å². The average Bonchev–Trinajstić information content (AvgIpc) is 1.88. The number of rotatable bonds is 1. The molecule has 0 aromatic heterocycles. The van der Waals surface area contributed by atoms with Crippen molar-refractivity contribution in [3.63, 3.8) is 0 Å². The first-order chi connectivity index (χ1) is 4.72. The van der Waals surface area contributed by atoms with E-state index in [-0.39, 0.29) is 6.10 Å². The van der Waals surface area contributed by atoms with Crippen LogP contribution in [-0.2, 0) is 0 Å². The maximum Gasteiger partial charge on any atom is 0.0695 e. The van der Waals surface area contributed by atoms with Crippen LogP contribution in [-0.4, -0.2) is 36.2 Å². The van der Waals surface area contributed by atoms with E-state index in [1.807, 2.05) is 14.1 Å². The maximum absolute atomic E-state index is 9.50. The highest BCUT2D eigenvalue weighted by atomic mass is 16.3. The van der Waals surface area contributed by atoms with E-state index in [4.69, 9.17) is 0 Å². The van der Waals surface area contributed by atoms with Gasteiger partial charge in [0.1, 0.15) is 0 Å². The molecule has 0 bridgehead atoms. The lowest BCUT2D eigenvalue weighted by atomic mass is 9.92. The Kier molecular flexibility index (Phi) is 2.69. The van der Waals surface area contributed by atoms with Crippen molar-refractivity contribution in [2.75, 3.05) is 14.1 Å². The molecule has 2 heteroatoms. The molecule has 1 aliphatic rings. The van der Waals surface area contributed by atoms with Gasteiger partial charge in [-0.1, -0.05) is 12.8 Å². The third-order valence-corrected chi connectivity index (χ3v) is 2.36. The Morgan fingerprint density at radius 2 is 1.80 bits per heavy atom. The van der Waals surface area contributed by atoms with Gasteiger partial charge in [0.2, 0.25) is 0 Å². The molecule has 1 saturated carbocycles. The number of likely N-dealkylation sites (N-methyl/N-ethyl adjacent to an activating group) is 1. The molecule has 1 aliphatic carbocycles. The Balaban J connectivity index is 2.40. The van der Waals surface area contributed by atoms with E-state index in [0.29, 0.717) is 6.04 Å². The van der Waals surface area contributed by atoms with Crippen LogP contribution in [0.3, 0.4) is 0 Å². The van der Waals surface area contributed by atoms with E-state index in [1.165, 1.54) is 12.8 Å². The molecule has 60 valence electrons. The Labute approximate surface area is 62.8 Å². The summed E-state index contributed by atoms with van der Waals surface area (Å²) >= 11 is 0. The smallest absolute Gasteiger partial charge is 0.0695 e. The second-order valence-corrected chi connectivity index (χ2v) is 3.38. The van der Waals surface area contributed by atoms with E-state index < -0.39 is 0 Å². The largest absolute Gasteiger partial charge is 0.391 e. The van der Waals surface area contributed by atoms with Crippen LogP contribution in [0.5, 0.6) is 0 Å². The van der Waals surface area contributed by atoms with E-state index in [1.54, 1.807) is 0 Å². The molecule has 0 aromatic rings. The van der Waals surface area contributed by atoms with Gasteiger partial charge in [-0.2, -0.15) is 0 Å². The molecule has 2 atom stereocenters. The van der Waals surface area contributed by atoms with Crippen molar-refractivity contribution in [2.45, 2.75) is 37.8 Å². The summed E-state index contributed by atoms with van der Waals surface area (Å²) in [7, 11) is 4.08. The minimum Gasteiger partial charge on any atom is -0.391 e. The Morgan fingerprint density at radius 1 is 1.20 bits per heavy atom. The van der Waals surface area contributed by atoms with Crippen LogP contribution in [0.4, 0.5) is 0 Å². The van der Waals surface area contributed by atoms with Crippen molar-refractivity contribution in [3.8, 4) is 0 Å². The fraction of sp³-hybridized carbons (Fsp3) is 1.00. The molecule has 1 N–H and O–H groups in total. The predicted octanol–water partition coefficient (Wildman–Crippen LogP) is 0.851. The first kappa shape index (κ1) is 8.02. The molecule has 0 heterocycles.